The quantitative estimate of drug-likeness (QED) is 0.796. The molecule has 0 fully saturated rings. The topological polar surface area (TPSA) is 39.4 Å². The predicted octanol–water partition coefficient (Wildman–Crippen LogP) is 3.36. The van der Waals surface area contributed by atoms with Crippen LogP contribution in [0.4, 0.5) is 8.78 Å². The highest BCUT2D eigenvalue weighted by Gasteiger charge is 2.23. The molecule has 0 bridgehead atoms. The average Bonchev–Trinajstić information content (AvgIpc) is 2.85. The molecule has 1 aromatic heterocycles. The number of rotatable bonds is 4. The Balaban J connectivity index is 2.50. The van der Waals surface area contributed by atoms with Crippen molar-refractivity contribution < 1.29 is 22.7 Å². The average molecular weight is 266 g/mol. The van der Waals surface area contributed by atoms with E-state index in [9.17, 15) is 13.6 Å². The largest absolute Gasteiger partial charge is 0.497 e. The van der Waals surface area contributed by atoms with Gasteiger partial charge in [-0.3, -0.25) is 4.79 Å². The van der Waals surface area contributed by atoms with E-state index in [4.69, 9.17) is 9.15 Å². The van der Waals surface area contributed by atoms with Crippen LogP contribution < -0.4 is 4.74 Å². The summed E-state index contributed by atoms with van der Waals surface area (Å²) in [5.41, 5.74) is -0.428. The highest BCUT2D eigenvalue weighted by Crippen LogP contribution is 2.24. The van der Waals surface area contributed by atoms with Crippen LogP contribution >= 0.6 is 0 Å². The summed E-state index contributed by atoms with van der Waals surface area (Å²) >= 11 is 0. The zero-order valence-electron chi connectivity index (χ0n) is 10.5. The third-order valence-electron chi connectivity index (χ3n) is 2.79. The Morgan fingerprint density at radius 3 is 2.47 bits per heavy atom. The standard InChI is InChI=1S/C14H12F2O3/c1-3-12-9(4-5-19-12)14(17)13-10(15)6-8(18-2)7-11(13)16/h4-7H,3H2,1-2H3. The molecule has 0 amide bonds. The highest BCUT2D eigenvalue weighted by atomic mass is 19.1. The molecule has 0 aliphatic rings. The number of ketones is 1. The normalized spacial score (nSPS) is 10.5. The SMILES string of the molecule is CCc1occc1C(=O)c1c(F)cc(OC)cc1F. The molecule has 100 valence electrons. The molecule has 0 atom stereocenters. The van der Waals surface area contributed by atoms with Crippen LogP contribution in [-0.2, 0) is 6.42 Å². The summed E-state index contributed by atoms with van der Waals surface area (Å²) in [5.74, 6) is -2.22. The Labute approximate surface area is 108 Å². The van der Waals surface area contributed by atoms with Crippen LogP contribution in [0.15, 0.2) is 28.9 Å². The monoisotopic (exact) mass is 266 g/mol. The molecule has 2 rings (SSSR count). The summed E-state index contributed by atoms with van der Waals surface area (Å²) in [6.45, 7) is 1.79. The minimum atomic E-state index is -0.954. The van der Waals surface area contributed by atoms with Gasteiger partial charge >= 0.3 is 0 Å². The number of aryl methyl sites for hydroxylation is 1. The van der Waals surface area contributed by atoms with Crippen molar-refractivity contribution in [3.05, 3.63) is 53.0 Å². The number of halogens is 2. The molecule has 0 spiro atoms. The summed E-state index contributed by atoms with van der Waals surface area (Å²) in [6.07, 6.45) is 1.79. The molecule has 0 radical (unpaired) electrons. The van der Waals surface area contributed by atoms with Crippen LogP contribution in [-0.4, -0.2) is 12.9 Å². The maximum Gasteiger partial charge on any atom is 0.202 e. The Morgan fingerprint density at radius 1 is 1.32 bits per heavy atom. The third kappa shape index (κ3) is 2.36. The first-order chi connectivity index (χ1) is 9.08. The maximum absolute atomic E-state index is 13.8. The van der Waals surface area contributed by atoms with Gasteiger partial charge in [0.2, 0.25) is 5.78 Å². The summed E-state index contributed by atoms with van der Waals surface area (Å²) in [6, 6.07) is 3.36. The van der Waals surface area contributed by atoms with E-state index in [1.807, 2.05) is 0 Å². The van der Waals surface area contributed by atoms with E-state index in [2.05, 4.69) is 0 Å². The van der Waals surface area contributed by atoms with Crippen LogP contribution in [0.25, 0.3) is 0 Å². The minimum absolute atomic E-state index is 0.0226. The first-order valence-corrected chi connectivity index (χ1v) is 5.72. The van der Waals surface area contributed by atoms with Gasteiger partial charge in [0, 0.05) is 18.6 Å². The van der Waals surface area contributed by atoms with Gasteiger partial charge in [-0.15, -0.1) is 0 Å². The second-order valence-corrected chi connectivity index (χ2v) is 3.91. The van der Waals surface area contributed by atoms with Gasteiger partial charge in [-0.25, -0.2) is 8.78 Å². The molecule has 5 heteroatoms. The fourth-order valence-corrected chi connectivity index (χ4v) is 1.84. The lowest BCUT2D eigenvalue weighted by atomic mass is 10.0. The highest BCUT2D eigenvalue weighted by molar-refractivity contribution is 6.10. The van der Waals surface area contributed by atoms with Gasteiger partial charge in [0.25, 0.3) is 0 Å². The zero-order valence-corrected chi connectivity index (χ0v) is 10.5. The number of hydrogen-bond donors (Lipinski definition) is 0. The van der Waals surface area contributed by atoms with Crippen LogP contribution in [0.2, 0.25) is 0 Å². The number of carbonyl (C=O) groups excluding carboxylic acids is 1. The molecule has 0 N–H and O–H groups in total. The summed E-state index contributed by atoms with van der Waals surface area (Å²) in [7, 11) is 1.29. The zero-order chi connectivity index (χ0) is 14.0. The van der Waals surface area contributed by atoms with E-state index in [1.54, 1.807) is 6.92 Å². The minimum Gasteiger partial charge on any atom is -0.497 e. The Hall–Kier alpha value is -2.17. The van der Waals surface area contributed by atoms with Gasteiger partial charge in [-0.1, -0.05) is 6.92 Å². The second-order valence-electron chi connectivity index (χ2n) is 3.91. The van der Waals surface area contributed by atoms with Crippen LogP contribution in [0.5, 0.6) is 5.75 Å². The molecule has 0 aliphatic carbocycles. The molecular weight excluding hydrogens is 254 g/mol. The van der Waals surface area contributed by atoms with E-state index in [0.717, 1.165) is 12.1 Å². The lowest BCUT2D eigenvalue weighted by Gasteiger charge is -2.06. The molecule has 3 nitrogen and oxygen atoms in total. The molecule has 0 aliphatic heterocycles. The van der Waals surface area contributed by atoms with E-state index < -0.39 is 23.0 Å². The summed E-state index contributed by atoms with van der Waals surface area (Å²) in [4.78, 5) is 12.1. The second kappa shape index (κ2) is 5.22. The van der Waals surface area contributed by atoms with Crippen LogP contribution in [0, 0.1) is 11.6 Å². The lowest BCUT2D eigenvalue weighted by molar-refractivity contribution is 0.102. The molecular formula is C14H12F2O3. The number of methoxy groups -OCH3 is 1. The summed E-state index contributed by atoms with van der Waals surface area (Å²) < 4.78 is 37.4. The first kappa shape index (κ1) is 13.3. The van der Waals surface area contributed by atoms with Gasteiger partial charge in [-0.05, 0) is 6.07 Å². The van der Waals surface area contributed by atoms with Crippen molar-refractivity contribution >= 4 is 5.78 Å². The third-order valence-corrected chi connectivity index (χ3v) is 2.79. The number of hydrogen-bond acceptors (Lipinski definition) is 3. The molecule has 0 saturated carbocycles. The molecule has 1 heterocycles. The van der Waals surface area contributed by atoms with E-state index in [1.165, 1.54) is 19.4 Å². The molecule has 0 saturated heterocycles. The van der Waals surface area contributed by atoms with Crippen molar-refractivity contribution in [2.45, 2.75) is 13.3 Å². The summed E-state index contributed by atoms with van der Waals surface area (Å²) in [5, 5.41) is 0. The van der Waals surface area contributed by atoms with Crippen LogP contribution in [0.3, 0.4) is 0 Å². The van der Waals surface area contributed by atoms with Crippen molar-refractivity contribution in [2.24, 2.45) is 0 Å². The van der Waals surface area contributed by atoms with E-state index >= 15 is 0 Å². The molecule has 19 heavy (non-hydrogen) atoms. The van der Waals surface area contributed by atoms with Gasteiger partial charge < -0.3 is 9.15 Å². The smallest absolute Gasteiger partial charge is 0.202 e. The number of carbonyl (C=O) groups is 1. The van der Waals surface area contributed by atoms with Crippen molar-refractivity contribution in [2.75, 3.05) is 7.11 Å². The Morgan fingerprint density at radius 2 is 1.95 bits per heavy atom. The number of ether oxygens (including phenoxy) is 1. The van der Waals surface area contributed by atoms with Crippen molar-refractivity contribution in [1.82, 2.24) is 0 Å². The fraction of sp³-hybridized carbons (Fsp3) is 0.214. The Bertz CT molecular complexity index is 594. The van der Waals surface area contributed by atoms with Gasteiger partial charge in [0.15, 0.2) is 0 Å². The van der Waals surface area contributed by atoms with Gasteiger partial charge in [-0.2, -0.15) is 0 Å². The lowest BCUT2D eigenvalue weighted by Crippen LogP contribution is -2.09. The van der Waals surface area contributed by atoms with E-state index in [-0.39, 0.29) is 11.3 Å². The maximum atomic E-state index is 13.8. The fourth-order valence-electron chi connectivity index (χ4n) is 1.84. The Kier molecular flexibility index (Phi) is 3.64. The van der Waals surface area contributed by atoms with Gasteiger partial charge in [0.1, 0.15) is 23.1 Å². The van der Waals surface area contributed by atoms with Crippen molar-refractivity contribution in [3.63, 3.8) is 0 Å². The van der Waals surface area contributed by atoms with E-state index in [0.29, 0.717) is 12.2 Å². The molecule has 1 aromatic carbocycles. The predicted molar refractivity (Wildman–Crippen MR) is 64.4 cm³/mol. The first-order valence-electron chi connectivity index (χ1n) is 5.72. The molecule has 0 unspecified atom stereocenters. The van der Waals surface area contributed by atoms with Crippen molar-refractivity contribution in [3.8, 4) is 5.75 Å². The van der Waals surface area contributed by atoms with Crippen LogP contribution in [0.1, 0.15) is 28.6 Å². The number of furan rings is 1. The van der Waals surface area contributed by atoms with Crippen molar-refractivity contribution in [1.29, 1.82) is 0 Å². The number of benzene rings is 1. The van der Waals surface area contributed by atoms with Gasteiger partial charge in [0.05, 0.1) is 24.5 Å². The molecule has 2 aromatic rings.